The molecule has 3 unspecified atom stereocenters. The monoisotopic (exact) mass is 511 g/mol. The van der Waals surface area contributed by atoms with Crippen molar-refractivity contribution < 1.29 is 33.0 Å². The van der Waals surface area contributed by atoms with E-state index in [4.69, 9.17) is 9.47 Å². The topological polar surface area (TPSA) is 90.0 Å². The van der Waals surface area contributed by atoms with E-state index in [2.05, 4.69) is 0 Å². The first kappa shape index (κ1) is 28.0. The lowest BCUT2D eigenvalue weighted by molar-refractivity contribution is -0.153. The van der Waals surface area contributed by atoms with Crippen LogP contribution in [0.3, 0.4) is 0 Å². The van der Waals surface area contributed by atoms with Crippen molar-refractivity contribution >= 4 is 23.6 Å². The van der Waals surface area contributed by atoms with Crippen LogP contribution in [0.2, 0.25) is 0 Å². The molecule has 1 fully saturated rings. The third-order valence-corrected chi connectivity index (χ3v) is 6.85. The SMILES string of the molecule is COC(=O)C(C(=O)C(C)C)C(c1ccc(F)cc1)C1CN(C(=O)OCc2ccccc2)CC(C)(C)C1=O. The highest BCUT2D eigenvalue weighted by Gasteiger charge is 2.51. The lowest BCUT2D eigenvalue weighted by Crippen LogP contribution is -2.56. The largest absolute Gasteiger partial charge is 0.468 e. The zero-order valence-corrected chi connectivity index (χ0v) is 21.9. The number of rotatable bonds is 8. The molecule has 0 N–H and O–H groups in total. The fraction of sp³-hybridized carbons (Fsp3) is 0.448. The molecule has 0 saturated carbocycles. The van der Waals surface area contributed by atoms with Crippen LogP contribution >= 0.6 is 0 Å². The minimum absolute atomic E-state index is 0.0587. The normalized spacial score (nSPS) is 18.7. The quantitative estimate of drug-likeness (QED) is 0.374. The van der Waals surface area contributed by atoms with Crippen LogP contribution < -0.4 is 0 Å². The number of carbonyl (C=O) groups is 4. The van der Waals surface area contributed by atoms with Crippen LogP contribution in [-0.4, -0.2) is 48.7 Å². The van der Waals surface area contributed by atoms with Crippen molar-refractivity contribution in [1.29, 1.82) is 0 Å². The van der Waals surface area contributed by atoms with Crippen molar-refractivity contribution in [1.82, 2.24) is 4.90 Å². The number of hydrogen-bond acceptors (Lipinski definition) is 6. The lowest BCUT2D eigenvalue weighted by Gasteiger charge is -2.44. The fourth-order valence-electron chi connectivity index (χ4n) is 4.94. The number of methoxy groups -OCH3 is 1. The van der Waals surface area contributed by atoms with E-state index in [1.54, 1.807) is 27.7 Å². The number of carbonyl (C=O) groups excluding carboxylic acids is 4. The van der Waals surface area contributed by atoms with Crippen LogP contribution in [-0.2, 0) is 30.5 Å². The number of ketones is 2. The molecule has 2 aromatic carbocycles. The number of amides is 1. The van der Waals surface area contributed by atoms with E-state index in [1.165, 1.54) is 36.3 Å². The van der Waals surface area contributed by atoms with Crippen LogP contribution in [0.1, 0.15) is 44.7 Å². The number of piperidine rings is 1. The van der Waals surface area contributed by atoms with E-state index in [9.17, 15) is 23.6 Å². The van der Waals surface area contributed by atoms with E-state index in [0.717, 1.165) is 5.56 Å². The standard InChI is InChI=1S/C29H34FNO6/c1-18(2)25(32)24(27(34)36-5)23(20-11-13-21(30)14-12-20)22-15-31(17-29(3,4)26(22)33)28(35)37-16-19-9-7-6-8-10-19/h6-14,18,22-24H,15-17H2,1-5H3. The molecule has 2 aromatic rings. The summed E-state index contributed by atoms with van der Waals surface area (Å²) in [6.45, 7) is 6.90. The molecule has 0 bridgehead atoms. The summed E-state index contributed by atoms with van der Waals surface area (Å²) in [7, 11) is 1.19. The van der Waals surface area contributed by atoms with Gasteiger partial charge in [0.05, 0.1) is 7.11 Å². The van der Waals surface area contributed by atoms with E-state index in [-0.39, 0.29) is 25.5 Å². The lowest BCUT2D eigenvalue weighted by atomic mass is 9.65. The van der Waals surface area contributed by atoms with Gasteiger partial charge in [0.2, 0.25) is 0 Å². The Kier molecular flexibility index (Phi) is 8.84. The fourth-order valence-corrected chi connectivity index (χ4v) is 4.94. The molecule has 8 heteroatoms. The van der Waals surface area contributed by atoms with Gasteiger partial charge in [-0.15, -0.1) is 0 Å². The predicted octanol–water partition coefficient (Wildman–Crippen LogP) is 4.79. The van der Waals surface area contributed by atoms with Gasteiger partial charge in [0.1, 0.15) is 29.9 Å². The van der Waals surface area contributed by atoms with Gasteiger partial charge in [-0.25, -0.2) is 9.18 Å². The Balaban J connectivity index is 2.02. The van der Waals surface area contributed by atoms with Crippen molar-refractivity contribution in [3.8, 4) is 0 Å². The molecule has 0 radical (unpaired) electrons. The van der Waals surface area contributed by atoms with Gasteiger partial charge in [-0.3, -0.25) is 14.4 Å². The third kappa shape index (κ3) is 6.42. The number of likely N-dealkylation sites (tertiary alicyclic amines) is 1. The van der Waals surface area contributed by atoms with Crippen LogP contribution in [0.5, 0.6) is 0 Å². The minimum Gasteiger partial charge on any atom is -0.468 e. The summed E-state index contributed by atoms with van der Waals surface area (Å²) in [4.78, 5) is 54.6. The number of benzene rings is 2. The smallest absolute Gasteiger partial charge is 0.410 e. The van der Waals surface area contributed by atoms with Gasteiger partial charge in [0.15, 0.2) is 0 Å². The number of nitrogens with zero attached hydrogens (tertiary/aromatic N) is 1. The van der Waals surface area contributed by atoms with Crippen molar-refractivity contribution in [2.45, 2.75) is 40.2 Å². The molecular formula is C29H34FNO6. The summed E-state index contributed by atoms with van der Waals surface area (Å²) in [5.74, 6) is -5.57. The van der Waals surface area contributed by atoms with Gasteiger partial charge in [0.25, 0.3) is 0 Å². The van der Waals surface area contributed by atoms with Crippen LogP contribution in [0.25, 0.3) is 0 Å². The second-order valence-corrected chi connectivity index (χ2v) is 10.4. The predicted molar refractivity (Wildman–Crippen MR) is 135 cm³/mol. The summed E-state index contributed by atoms with van der Waals surface area (Å²) >= 11 is 0. The average Bonchev–Trinajstić information content (AvgIpc) is 2.88. The van der Waals surface area contributed by atoms with E-state index >= 15 is 0 Å². The van der Waals surface area contributed by atoms with E-state index < -0.39 is 52.7 Å². The third-order valence-electron chi connectivity index (χ3n) is 6.85. The van der Waals surface area contributed by atoms with Gasteiger partial charge >= 0.3 is 12.1 Å². The van der Waals surface area contributed by atoms with Crippen LogP contribution in [0.4, 0.5) is 9.18 Å². The van der Waals surface area contributed by atoms with Crippen molar-refractivity contribution in [2.75, 3.05) is 20.2 Å². The Morgan fingerprint density at radius 1 is 1.05 bits per heavy atom. The summed E-state index contributed by atoms with van der Waals surface area (Å²) in [5.41, 5.74) is 0.283. The Bertz CT molecular complexity index is 1130. The highest BCUT2D eigenvalue weighted by Crippen LogP contribution is 2.42. The second kappa shape index (κ2) is 11.7. The second-order valence-electron chi connectivity index (χ2n) is 10.4. The first-order valence-corrected chi connectivity index (χ1v) is 12.3. The molecular weight excluding hydrogens is 477 g/mol. The molecule has 0 aliphatic carbocycles. The average molecular weight is 512 g/mol. The van der Waals surface area contributed by atoms with Gasteiger partial charge in [0, 0.05) is 36.3 Å². The molecule has 3 atom stereocenters. The highest BCUT2D eigenvalue weighted by molar-refractivity contribution is 6.02. The van der Waals surface area contributed by atoms with Gasteiger partial charge in [-0.05, 0) is 23.3 Å². The van der Waals surface area contributed by atoms with Gasteiger partial charge in [-0.2, -0.15) is 0 Å². The molecule has 198 valence electrons. The van der Waals surface area contributed by atoms with Crippen LogP contribution in [0, 0.1) is 29.0 Å². The maximum absolute atomic E-state index is 13.8. The Morgan fingerprint density at radius 3 is 2.24 bits per heavy atom. The van der Waals surface area contributed by atoms with Crippen molar-refractivity contribution in [3.05, 3.63) is 71.5 Å². The number of esters is 1. The Morgan fingerprint density at radius 2 is 1.68 bits per heavy atom. The van der Waals surface area contributed by atoms with Gasteiger partial charge < -0.3 is 14.4 Å². The van der Waals surface area contributed by atoms with Gasteiger partial charge in [-0.1, -0.05) is 70.2 Å². The molecule has 0 spiro atoms. The van der Waals surface area contributed by atoms with Crippen molar-refractivity contribution in [3.63, 3.8) is 0 Å². The molecule has 1 amide bonds. The molecule has 37 heavy (non-hydrogen) atoms. The van der Waals surface area contributed by atoms with Crippen molar-refractivity contribution in [2.24, 2.45) is 23.2 Å². The summed E-state index contributed by atoms with van der Waals surface area (Å²) in [6, 6.07) is 14.6. The molecule has 1 aliphatic heterocycles. The number of halogens is 1. The maximum atomic E-state index is 13.8. The summed E-state index contributed by atoms with van der Waals surface area (Å²) < 4.78 is 24.3. The molecule has 0 aromatic heterocycles. The van der Waals surface area contributed by atoms with E-state index in [1.807, 2.05) is 30.3 Å². The zero-order valence-electron chi connectivity index (χ0n) is 21.9. The first-order chi connectivity index (χ1) is 17.5. The molecule has 3 rings (SSSR count). The minimum atomic E-state index is -1.31. The number of hydrogen-bond donors (Lipinski definition) is 0. The molecule has 7 nitrogen and oxygen atoms in total. The van der Waals surface area contributed by atoms with E-state index in [0.29, 0.717) is 5.56 Å². The Labute approximate surface area is 216 Å². The first-order valence-electron chi connectivity index (χ1n) is 12.3. The Hall–Kier alpha value is -3.55. The summed E-state index contributed by atoms with van der Waals surface area (Å²) in [5, 5.41) is 0. The number of Topliss-reactive ketones (excluding diaryl/α,β-unsaturated/α-hetero) is 2. The number of ether oxygens (including phenoxy) is 2. The molecule has 1 heterocycles. The van der Waals surface area contributed by atoms with Crippen LogP contribution in [0.15, 0.2) is 54.6 Å². The molecule has 1 aliphatic rings. The zero-order chi connectivity index (χ0) is 27.3. The highest BCUT2D eigenvalue weighted by atomic mass is 19.1. The maximum Gasteiger partial charge on any atom is 0.410 e. The summed E-state index contributed by atoms with van der Waals surface area (Å²) in [6.07, 6.45) is -0.600. The molecule has 1 saturated heterocycles.